The number of fused-ring (bicyclic) bond motifs is 1. The summed E-state index contributed by atoms with van der Waals surface area (Å²) in [7, 11) is 1.80. The molecule has 0 aliphatic carbocycles. The predicted molar refractivity (Wildman–Crippen MR) is 76.3 cm³/mol. The van der Waals surface area contributed by atoms with Crippen LogP contribution in [0, 0.1) is 0 Å². The number of aromatic nitrogens is 1. The van der Waals surface area contributed by atoms with Gasteiger partial charge in [-0.05, 0) is 30.3 Å². The van der Waals surface area contributed by atoms with Crippen molar-refractivity contribution in [2.24, 2.45) is 0 Å². The monoisotopic (exact) mass is 268 g/mol. The Hall–Kier alpha value is -2.82. The van der Waals surface area contributed by atoms with Crippen LogP contribution in [0.3, 0.4) is 0 Å². The van der Waals surface area contributed by atoms with E-state index in [1.807, 2.05) is 12.1 Å². The molecule has 0 radical (unpaired) electrons. The van der Waals surface area contributed by atoms with E-state index < -0.39 is 5.76 Å². The number of aromatic amines is 1. The lowest BCUT2D eigenvalue weighted by atomic mass is 10.0. The largest absolute Gasteiger partial charge is 0.417 e. The molecule has 1 aromatic heterocycles. The highest BCUT2D eigenvalue weighted by Gasteiger charge is 2.11. The zero-order valence-electron chi connectivity index (χ0n) is 10.8. The molecule has 20 heavy (non-hydrogen) atoms. The van der Waals surface area contributed by atoms with Crippen molar-refractivity contribution >= 4 is 22.6 Å². The van der Waals surface area contributed by atoms with Gasteiger partial charge in [-0.15, -0.1) is 0 Å². The molecule has 0 spiro atoms. The molecule has 2 N–H and O–H groups in total. The van der Waals surface area contributed by atoms with Gasteiger partial charge in [0.25, 0.3) is 0 Å². The molecule has 0 amide bonds. The van der Waals surface area contributed by atoms with Crippen molar-refractivity contribution in [3.63, 3.8) is 0 Å². The maximum atomic E-state index is 12.4. The average Bonchev–Trinajstić information content (AvgIpc) is 2.85. The Balaban J connectivity index is 2.04. The lowest BCUT2D eigenvalue weighted by Crippen LogP contribution is -2.01. The highest BCUT2D eigenvalue weighted by Crippen LogP contribution is 2.18. The van der Waals surface area contributed by atoms with Crippen LogP contribution in [0.1, 0.15) is 15.9 Å². The quantitative estimate of drug-likeness (QED) is 0.715. The molecule has 0 saturated heterocycles. The molecule has 0 unspecified atom stereocenters. The van der Waals surface area contributed by atoms with Gasteiger partial charge in [-0.25, -0.2) is 4.79 Å². The van der Waals surface area contributed by atoms with Crippen LogP contribution in [-0.4, -0.2) is 17.8 Å². The predicted octanol–water partition coefficient (Wildman–Crippen LogP) is 2.39. The molecule has 3 rings (SSSR count). The summed E-state index contributed by atoms with van der Waals surface area (Å²) < 4.78 is 4.96. The van der Waals surface area contributed by atoms with E-state index in [1.54, 1.807) is 37.4 Å². The van der Waals surface area contributed by atoms with E-state index in [-0.39, 0.29) is 5.78 Å². The fraction of sp³-hybridized carbons (Fsp3) is 0.0667. The number of rotatable bonds is 3. The molecule has 5 nitrogen and oxygen atoms in total. The van der Waals surface area contributed by atoms with Crippen LogP contribution in [-0.2, 0) is 0 Å². The summed E-state index contributed by atoms with van der Waals surface area (Å²) in [5.41, 5.74) is 2.88. The van der Waals surface area contributed by atoms with Crippen molar-refractivity contribution in [1.29, 1.82) is 0 Å². The molecular formula is C15H12N2O3. The second kappa shape index (κ2) is 4.70. The third kappa shape index (κ3) is 2.09. The molecule has 3 aromatic rings. The summed E-state index contributed by atoms with van der Waals surface area (Å²) in [6.45, 7) is 0. The van der Waals surface area contributed by atoms with Crippen molar-refractivity contribution in [3.05, 3.63) is 64.1 Å². The number of carbonyl (C=O) groups excluding carboxylic acids is 1. The van der Waals surface area contributed by atoms with E-state index >= 15 is 0 Å². The zero-order chi connectivity index (χ0) is 14.1. The number of anilines is 1. The molecule has 100 valence electrons. The number of nitrogens with one attached hydrogen (secondary N) is 2. The first kappa shape index (κ1) is 12.2. The first-order chi connectivity index (χ1) is 9.67. The van der Waals surface area contributed by atoms with E-state index in [0.717, 1.165) is 5.69 Å². The number of H-pyrrole nitrogens is 1. The molecule has 1 heterocycles. The fourth-order valence-electron chi connectivity index (χ4n) is 2.07. The number of carbonyl (C=O) groups is 1. The molecule has 0 bridgehead atoms. The molecular weight excluding hydrogens is 256 g/mol. The lowest BCUT2D eigenvalue weighted by Gasteiger charge is -2.04. The maximum Gasteiger partial charge on any atom is 0.417 e. The SMILES string of the molecule is CNc1cccc(C(=O)c2ccc3[nH]c(=O)oc3c2)c1. The Morgan fingerprint density at radius 2 is 1.95 bits per heavy atom. The number of hydrogen-bond donors (Lipinski definition) is 2. The Kier molecular flexibility index (Phi) is 2.87. The number of oxazole rings is 1. The van der Waals surface area contributed by atoms with Gasteiger partial charge >= 0.3 is 5.76 Å². The first-order valence-corrected chi connectivity index (χ1v) is 6.13. The minimum absolute atomic E-state index is 0.118. The summed E-state index contributed by atoms with van der Waals surface area (Å²) in [6.07, 6.45) is 0. The van der Waals surface area contributed by atoms with Crippen molar-refractivity contribution in [2.45, 2.75) is 0 Å². The van der Waals surface area contributed by atoms with Gasteiger partial charge in [0.1, 0.15) is 0 Å². The Labute approximate surface area is 114 Å². The van der Waals surface area contributed by atoms with Crippen LogP contribution < -0.4 is 11.1 Å². The van der Waals surface area contributed by atoms with Gasteiger partial charge in [-0.1, -0.05) is 12.1 Å². The van der Waals surface area contributed by atoms with Gasteiger partial charge in [0.05, 0.1) is 5.52 Å². The van der Waals surface area contributed by atoms with E-state index in [4.69, 9.17) is 4.42 Å². The second-order valence-corrected chi connectivity index (χ2v) is 4.39. The van der Waals surface area contributed by atoms with Crippen LogP contribution in [0.25, 0.3) is 11.1 Å². The normalized spacial score (nSPS) is 10.7. The van der Waals surface area contributed by atoms with Gasteiger partial charge < -0.3 is 9.73 Å². The maximum absolute atomic E-state index is 12.4. The topological polar surface area (TPSA) is 75.1 Å². The smallest absolute Gasteiger partial charge is 0.408 e. The summed E-state index contributed by atoms with van der Waals surface area (Å²) in [5, 5.41) is 2.99. The van der Waals surface area contributed by atoms with Crippen LogP contribution in [0.5, 0.6) is 0 Å². The molecule has 0 fully saturated rings. The van der Waals surface area contributed by atoms with E-state index in [2.05, 4.69) is 10.3 Å². The lowest BCUT2D eigenvalue weighted by molar-refractivity contribution is 0.103. The van der Waals surface area contributed by atoms with Crippen LogP contribution in [0.4, 0.5) is 5.69 Å². The second-order valence-electron chi connectivity index (χ2n) is 4.39. The summed E-state index contributed by atoms with van der Waals surface area (Å²) in [6, 6.07) is 12.1. The Morgan fingerprint density at radius 1 is 1.15 bits per heavy atom. The Bertz CT molecular complexity index is 845. The highest BCUT2D eigenvalue weighted by atomic mass is 16.4. The number of ketones is 1. The molecule has 0 atom stereocenters. The van der Waals surface area contributed by atoms with Crippen molar-refractivity contribution < 1.29 is 9.21 Å². The van der Waals surface area contributed by atoms with Gasteiger partial charge in [-0.3, -0.25) is 9.78 Å². The molecule has 2 aromatic carbocycles. The van der Waals surface area contributed by atoms with E-state index in [9.17, 15) is 9.59 Å². The third-order valence-electron chi connectivity index (χ3n) is 3.10. The molecule has 0 aliphatic heterocycles. The van der Waals surface area contributed by atoms with Gasteiger partial charge in [0.15, 0.2) is 11.4 Å². The van der Waals surface area contributed by atoms with Crippen LogP contribution in [0.2, 0.25) is 0 Å². The summed E-state index contributed by atoms with van der Waals surface area (Å²) in [5.74, 6) is -0.644. The van der Waals surface area contributed by atoms with Gasteiger partial charge in [-0.2, -0.15) is 0 Å². The molecule has 0 saturated carbocycles. The minimum atomic E-state index is -0.526. The number of benzene rings is 2. The fourth-order valence-corrected chi connectivity index (χ4v) is 2.07. The summed E-state index contributed by atoms with van der Waals surface area (Å²) in [4.78, 5) is 26.1. The summed E-state index contributed by atoms with van der Waals surface area (Å²) >= 11 is 0. The van der Waals surface area contributed by atoms with Gasteiger partial charge in [0, 0.05) is 23.9 Å². The zero-order valence-corrected chi connectivity index (χ0v) is 10.8. The van der Waals surface area contributed by atoms with E-state index in [0.29, 0.717) is 22.2 Å². The van der Waals surface area contributed by atoms with Crippen molar-refractivity contribution in [1.82, 2.24) is 4.98 Å². The van der Waals surface area contributed by atoms with Gasteiger partial charge in [0.2, 0.25) is 0 Å². The van der Waals surface area contributed by atoms with Crippen LogP contribution >= 0.6 is 0 Å². The Morgan fingerprint density at radius 3 is 2.75 bits per heavy atom. The number of hydrogen-bond acceptors (Lipinski definition) is 4. The van der Waals surface area contributed by atoms with Crippen LogP contribution in [0.15, 0.2) is 51.7 Å². The van der Waals surface area contributed by atoms with Crippen molar-refractivity contribution in [3.8, 4) is 0 Å². The highest BCUT2D eigenvalue weighted by molar-refractivity contribution is 6.10. The standard InChI is InChI=1S/C15H12N2O3/c1-16-11-4-2-3-9(7-11)14(18)10-5-6-12-13(8-10)20-15(19)17-12/h2-8,16H,1H3,(H,17,19). The first-order valence-electron chi connectivity index (χ1n) is 6.13. The molecule has 5 heteroatoms. The van der Waals surface area contributed by atoms with E-state index in [1.165, 1.54) is 0 Å². The minimum Gasteiger partial charge on any atom is -0.408 e. The molecule has 0 aliphatic rings. The average molecular weight is 268 g/mol. The van der Waals surface area contributed by atoms with Crippen molar-refractivity contribution in [2.75, 3.05) is 12.4 Å². The third-order valence-corrected chi connectivity index (χ3v) is 3.10.